The number of carbonyl (C=O) groups is 3. The zero-order valence-corrected chi connectivity index (χ0v) is 18.1. The Hall–Kier alpha value is -3.27. The average Bonchev–Trinajstić information content (AvgIpc) is 2.71. The second-order valence-electron chi connectivity index (χ2n) is 6.12. The molecule has 5 N–H and O–H groups in total. The van der Waals surface area contributed by atoms with Crippen LogP contribution >= 0.6 is 15.9 Å². The van der Waals surface area contributed by atoms with Gasteiger partial charge in [-0.2, -0.15) is 0 Å². The molecule has 10 heteroatoms. The molecule has 0 saturated carbocycles. The van der Waals surface area contributed by atoms with E-state index in [9.17, 15) is 14.4 Å². The molecule has 160 valence electrons. The minimum absolute atomic E-state index is 0.133. The van der Waals surface area contributed by atoms with E-state index in [0.29, 0.717) is 23.7 Å². The summed E-state index contributed by atoms with van der Waals surface area (Å²) in [6, 6.07) is 10.3. The standard InChI is InChI=1S/C20H23BrN4O5/c1-3-30-16-8-7-13(10-17(16)29-2)19(27)25-24-18(26)11-15(23-20(22)28)12-5-4-6-14(21)9-12/h4-10,15H,3,11H2,1-2H3,(H,24,26)(H,25,27)(H3,22,23,28). The van der Waals surface area contributed by atoms with Gasteiger partial charge < -0.3 is 20.5 Å². The van der Waals surface area contributed by atoms with Crippen molar-refractivity contribution >= 4 is 33.8 Å². The van der Waals surface area contributed by atoms with Crippen LogP contribution < -0.4 is 31.4 Å². The molecule has 2 aromatic rings. The third-order valence-corrected chi connectivity index (χ3v) is 4.49. The fraction of sp³-hybridized carbons (Fsp3) is 0.250. The fourth-order valence-electron chi connectivity index (χ4n) is 2.67. The van der Waals surface area contributed by atoms with Gasteiger partial charge in [0.15, 0.2) is 11.5 Å². The summed E-state index contributed by atoms with van der Waals surface area (Å²) in [5.41, 5.74) is 10.8. The Kier molecular flexibility index (Phi) is 8.48. The highest BCUT2D eigenvalue weighted by atomic mass is 79.9. The van der Waals surface area contributed by atoms with Gasteiger partial charge >= 0.3 is 6.03 Å². The predicted octanol–water partition coefficient (Wildman–Crippen LogP) is 2.42. The second kappa shape index (κ2) is 11.1. The Morgan fingerprint density at radius 3 is 2.50 bits per heavy atom. The number of halogens is 1. The van der Waals surface area contributed by atoms with Crippen molar-refractivity contribution in [2.75, 3.05) is 13.7 Å². The van der Waals surface area contributed by atoms with Crippen LogP contribution in [0.25, 0.3) is 0 Å². The van der Waals surface area contributed by atoms with E-state index in [1.807, 2.05) is 13.0 Å². The molecular weight excluding hydrogens is 456 g/mol. The summed E-state index contributed by atoms with van der Waals surface area (Å²) in [5, 5.41) is 2.52. The molecule has 1 unspecified atom stereocenters. The van der Waals surface area contributed by atoms with Crippen molar-refractivity contribution in [3.05, 3.63) is 58.1 Å². The van der Waals surface area contributed by atoms with E-state index >= 15 is 0 Å². The summed E-state index contributed by atoms with van der Waals surface area (Å²) < 4.78 is 11.4. The number of hydrazine groups is 1. The van der Waals surface area contributed by atoms with Crippen LogP contribution in [-0.2, 0) is 4.79 Å². The molecule has 0 radical (unpaired) electrons. The second-order valence-corrected chi connectivity index (χ2v) is 7.04. The lowest BCUT2D eigenvalue weighted by atomic mass is 10.0. The lowest BCUT2D eigenvalue weighted by molar-refractivity contribution is -0.122. The molecular formula is C20H23BrN4O5. The largest absolute Gasteiger partial charge is 0.493 e. The van der Waals surface area contributed by atoms with E-state index in [4.69, 9.17) is 15.2 Å². The summed E-state index contributed by atoms with van der Waals surface area (Å²) in [7, 11) is 1.47. The first-order valence-electron chi connectivity index (χ1n) is 9.05. The maximum absolute atomic E-state index is 12.3. The van der Waals surface area contributed by atoms with Crippen LogP contribution in [0.5, 0.6) is 11.5 Å². The smallest absolute Gasteiger partial charge is 0.312 e. The minimum atomic E-state index is -0.765. The first-order chi connectivity index (χ1) is 14.3. The lowest BCUT2D eigenvalue weighted by Crippen LogP contribution is -2.44. The van der Waals surface area contributed by atoms with Gasteiger partial charge in [0, 0.05) is 10.0 Å². The van der Waals surface area contributed by atoms with E-state index in [2.05, 4.69) is 32.1 Å². The van der Waals surface area contributed by atoms with Gasteiger partial charge in [0.2, 0.25) is 5.91 Å². The number of benzene rings is 2. The molecule has 0 aliphatic heterocycles. The van der Waals surface area contributed by atoms with E-state index in [0.717, 1.165) is 4.47 Å². The molecule has 4 amide bonds. The lowest BCUT2D eigenvalue weighted by Gasteiger charge is -2.18. The molecule has 2 aromatic carbocycles. The Morgan fingerprint density at radius 1 is 1.10 bits per heavy atom. The highest BCUT2D eigenvalue weighted by Gasteiger charge is 2.19. The van der Waals surface area contributed by atoms with Crippen LogP contribution in [0.3, 0.4) is 0 Å². The number of ether oxygens (including phenoxy) is 2. The highest BCUT2D eigenvalue weighted by Crippen LogP contribution is 2.28. The van der Waals surface area contributed by atoms with Gasteiger partial charge in [0.1, 0.15) is 0 Å². The van der Waals surface area contributed by atoms with Gasteiger partial charge in [0.25, 0.3) is 5.91 Å². The molecule has 1 atom stereocenters. The van der Waals surface area contributed by atoms with Crippen LogP contribution in [-0.4, -0.2) is 31.6 Å². The zero-order chi connectivity index (χ0) is 22.1. The van der Waals surface area contributed by atoms with Gasteiger partial charge in [-0.25, -0.2) is 4.79 Å². The van der Waals surface area contributed by atoms with E-state index in [-0.39, 0.29) is 12.0 Å². The van der Waals surface area contributed by atoms with Crippen molar-refractivity contribution in [3.8, 4) is 11.5 Å². The molecule has 0 aromatic heterocycles. The zero-order valence-electron chi connectivity index (χ0n) is 16.5. The van der Waals surface area contributed by atoms with Crippen molar-refractivity contribution in [3.63, 3.8) is 0 Å². The molecule has 0 fully saturated rings. The van der Waals surface area contributed by atoms with Crippen molar-refractivity contribution in [1.82, 2.24) is 16.2 Å². The molecule has 0 heterocycles. The average molecular weight is 479 g/mol. The quantitative estimate of drug-likeness (QED) is 0.432. The number of methoxy groups -OCH3 is 1. The summed E-state index contributed by atoms with van der Waals surface area (Å²) in [6.07, 6.45) is -0.133. The fourth-order valence-corrected chi connectivity index (χ4v) is 3.08. The Bertz CT molecular complexity index is 922. The number of amides is 4. The minimum Gasteiger partial charge on any atom is -0.493 e. The third-order valence-electron chi connectivity index (χ3n) is 4.00. The molecule has 0 spiro atoms. The van der Waals surface area contributed by atoms with Gasteiger partial charge in [-0.15, -0.1) is 0 Å². The number of nitrogens with two attached hydrogens (primary N) is 1. The SMILES string of the molecule is CCOc1ccc(C(=O)NNC(=O)CC(NC(N)=O)c2cccc(Br)c2)cc1OC. The molecule has 30 heavy (non-hydrogen) atoms. The highest BCUT2D eigenvalue weighted by molar-refractivity contribution is 9.10. The van der Waals surface area contributed by atoms with E-state index in [1.165, 1.54) is 13.2 Å². The number of hydrogen-bond acceptors (Lipinski definition) is 5. The predicted molar refractivity (Wildman–Crippen MR) is 114 cm³/mol. The molecule has 0 aliphatic rings. The monoisotopic (exact) mass is 478 g/mol. The Morgan fingerprint density at radius 2 is 1.87 bits per heavy atom. The van der Waals surface area contributed by atoms with Crippen LogP contribution in [0.4, 0.5) is 4.79 Å². The van der Waals surface area contributed by atoms with E-state index < -0.39 is 23.9 Å². The van der Waals surface area contributed by atoms with Crippen LogP contribution in [0.15, 0.2) is 46.9 Å². The topological polar surface area (TPSA) is 132 Å². The first kappa shape index (κ1) is 23.0. The number of nitrogens with one attached hydrogen (secondary N) is 3. The number of rotatable bonds is 8. The summed E-state index contributed by atoms with van der Waals surface area (Å²) in [4.78, 5) is 36.0. The third kappa shape index (κ3) is 6.66. The van der Waals surface area contributed by atoms with Gasteiger partial charge in [-0.05, 0) is 42.8 Å². The molecule has 0 saturated heterocycles. The van der Waals surface area contributed by atoms with Gasteiger partial charge in [-0.3, -0.25) is 20.4 Å². The van der Waals surface area contributed by atoms with Crippen LogP contribution in [0, 0.1) is 0 Å². The normalized spacial score (nSPS) is 11.2. The van der Waals surface area contributed by atoms with Crippen molar-refractivity contribution in [1.29, 1.82) is 0 Å². The van der Waals surface area contributed by atoms with Gasteiger partial charge in [-0.1, -0.05) is 28.1 Å². The first-order valence-corrected chi connectivity index (χ1v) is 9.84. The Balaban J connectivity index is 2.01. The van der Waals surface area contributed by atoms with Crippen LogP contribution in [0.2, 0.25) is 0 Å². The Labute approximate surface area is 182 Å². The summed E-state index contributed by atoms with van der Waals surface area (Å²) in [6.45, 7) is 2.29. The molecule has 9 nitrogen and oxygen atoms in total. The van der Waals surface area contributed by atoms with Crippen LogP contribution in [0.1, 0.15) is 35.3 Å². The maximum Gasteiger partial charge on any atom is 0.312 e. The van der Waals surface area contributed by atoms with Crippen molar-refractivity contribution < 1.29 is 23.9 Å². The molecule has 2 rings (SSSR count). The number of primary amides is 1. The number of urea groups is 1. The number of hydrogen-bond donors (Lipinski definition) is 4. The summed E-state index contributed by atoms with van der Waals surface area (Å²) >= 11 is 3.34. The molecule has 0 aliphatic carbocycles. The molecule has 0 bridgehead atoms. The number of carbonyl (C=O) groups excluding carboxylic acids is 3. The van der Waals surface area contributed by atoms with E-state index in [1.54, 1.807) is 30.3 Å². The maximum atomic E-state index is 12.3. The van der Waals surface area contributed by atoms with Crippen molar-refractivity contribution in [2.45, 2.75) is 19.4 Å². The van der Waals surface area contributed by atoms with Gasteiger partial charge in [0.05, 0.1) is 26.2 Å². The summed E-state index contributed by atoms with van der Waals surface area (Å²) in [5.74, 6) is -0.141. The van der Waals surface area contributed by atoms with Crippen molar-refractivity contribution in [2.24, 2.45) is 5.73 Å².